The summed E-state index contributed by atoms with van der Waals surface area (Å²) in [6.07, 6.45) is 2.14. The summed E-state index contributed by atoms with van der Waals surface area (Å²) in [7, 11) is 0. The van der Waals surface area contributed by atoms with E-state index in [1.54, 1.807) is 6.92 Å². The quantitative estimate of drug-likeness (QED) is 0.349. The van der Waals surface area contributed by atoms with Gasteiger partial charge in [-0.3, -0.25) is 0 Å². The van der Waals surface area contributed by atoms with Crippen LogP contribution in [-0.2, 0) is 0 Å². The van der Waals surface area contributed by atoms with Crippen molar-refractivity contribution in [2.45, 2.75) is 26.7 Å². The first-order valence-electron chi connectivity index (χ1n) is 5.20. The number of rotatable bonds is 5. The summed E-state index contributed by atoms with van der Waals surface area (Å²) in [5.74, 6) is 0.779. The molecular weight excluding hydrogens is 190 g/mol. The van der Waals surface area contributed by atoms with E-state index in [0.717, 1.165) is 24.2 Å². The number of nitrogens with zero attached hydrogens (tertiary/aromatic N) is 1. The van der Waals surface area contributed by atoms with Crippen molar-refractivity contribution >= 4 is 5.71 Å². The predicted octanol–water partition coefficient (Wildman–Crippen LogP) is 3.06. The van der Waals surface area contributed by atoms with Gasteiger partial charge in [-0.2, -0.15) is 0 Å². The Morgan fingerprint density at radius 3 is 2.80 bits per heavy atom. The number of unbranched alkanes of at least 4 members (excludes halogenated alkanes) is 1. The van der Waals surface area contributed by atoms with Crippen molar-refractivity contribution in [3.63, 3.8) is 0 Å². The fourth-order valence-electron chi connectivity index (χ4n) is 1.27. The van der Waals surface area contributed by atoms with Gasteiger partial charge < -0.3 is 9.94 Å². The number of para-hydroxylation sites is 1. The van der Waals surface area contributed by atoms with E-state index in [-0.39, 0.29) is 0 Å². The molecule has 3 heteroatoms. The maximum atomic E-state index is 8.72. The van der Waals surface area contributed by atoms with Crippen molar-refractivity contribution in [1.82, 2.24) is 0 Å². The van der Waals surface area contributed by atoms with Gasteiger partial charge in [0.1, 0.15) is 5.75 Å². The van der Waals surface area contributed by atoms with Crippen molar-refractivity contribution in [3.8, 4) is 5.75 Å². The van der Waals surface area contributed by atoms with Crippen LogP contribution >= 0.6 is 0 Å². The lowest BCUT2D eigenvalue weighted by Gasteiger charge is -2.09. The molecule has 0 fully saturated rings. The summed E-state index contributed by atoms with van der Waals surface area (Å²) in [4.78, 5) is 0. The molecule has 3 nitrogen and oxygen atoms in total. The summed E-state index contributed by atoms with van der Waals surface area (Å²) in [5.41, 5.74) is 1.42. The third kappa shape index (κ3) is 3.27. The Morgan fingerprint density at radius 2 is 2.13 bits per heavy atom. The maximum absolute atomic E-state index is 8.72. The SMILES string of the molecule is CCCCOc1ccccc1/C(C)=N/O. The van der Waals surface area contributed by atoms with Gasteiger partial charge in [0.2, 0.25) is 0 Å². The Kier molecular flexibility index (Phi) is 4.68. The minimum absolute atomic E-state index is 0.571. The fourth-order valence-corrected chi connectivity index (χ4v) is 1.27. The molecule has 0 heterocycles. The Morgan fingerprint density at radius 1 is 1.40 bits per heavy atom. The van der Waals surface area contributed by atoms with Crippen LogP contribution in [0.2, 0.25) is 0 Å². The molecule has 0 aliphatic heterocycles. The molecule has 0 amide bonds. The van der Waals surface area contributed by atoms with Gasteiger partial charge in [-0.25, -0.2) is 0 Å². The summed E-state index contributed by atoms with van der Waals surface area (Å²) >= 11 is 0. The summed E-state index contributed by atoms with van der Waals surface area (Å²) in [6.45, 7) is 4.57. The minimum Gasteiger partial charge on any atom is -0.493 e. The van der Waals surface area contributed by atoms with Crippen LogP contribution in [0.25, 0.3) is 0 Å². The van der Waals surface area contributed by atoms with Gasteiger partial charge in [-0.1, -0.05) is 30.6 Å². The fraction of sp³-hybridized carbons (Fsp3) is 0.417. The predicted molar refractivity (Wildman–Crippen MR) is 60.8 cm³/mol. The van der Waals surface area contributed by atoms with Gasteiger partial charge in [0.15, 0.2) is 0 Å². The van der Waals surface area contributed by atoms with Crippen molar-refractivity contribution in [1.29, 1.82) is 0 Å². The molecule has 15 heavy (non-hydrogen) atoms. The lowest BCUT2D eigenvalue weighted by molar-refractivity contribution is 0.306. The average Bonchev–Trinajstić information content (AvgIpc) is 2.29. The molecule has 0 aliphatic rings. The molecule has 0 atom stereocenters. The highest BCUT2D eigenvalue weighted by Gasteiger charge is 2.05. The van der Waals surface area contributed by atoms with Crippen LogP contribution in [0.1, 0.15) is 32.3 Å². The Labute approximate surface area is 90.4 Å². The molecule has 1 rings (SSSR count). The first-order valence-corrected chi connectivity index (χ1v) is 5.20. The second-order valence-electron chi connectivity index (χ2n) is 3.38. The van der Waals surface area contributed by atoms with Crippen LogP contribution in [0, 0.1) is 0 Å². The molecule has 82 valence electrons. The average molecular weight is 207 g/mol. The smallest absolute Gasteiger partial charge is 0.128 e. The normalized spacial score (nSPS) is 11.5. The lowest BCUT2D eigenvalue weighted by Crippen LogP contribution is -2.03. The Hall–Kier alpha value is -1.51. The standard InChI is InChI=1S/C12H17NO2/c1-3-4-9-15-12-8-6-5-7-11(12)10(2)13-14/h5-8,14H,3-4,9H2,1-2H3/b13-10+. The van der Waals surface area contributed by atoms with Crippen molar-refractivity contribution < 1.29 is 9.94 Å². The third-order valence-corrected chi connectivity index (χ3v) is 2.18. The molecule has 0 saturated carbocycles. The first kappa shape index (κ1) is 11.6. The number of ether oxygens (including phenoxy) is 1. The van der Waals surface area contributed by atoms with Gasteiger partial charge in [-0.15, -0.1) is 0 Å². The zero-order valence-corrected chi connectivity index (χ0v) is 9.23. The van der Waals surface area contributed by atoms with Gasteiger partial charge in [-0.05, 0) is 25.5 Å². The molecule has 1 aromatic rings. The van der Waals surface area contributed by atoms with E-state index in [1.165, 1.54) is 0 Å². The minimum atomic E-state index is 0.571. The van der Waals surface area contributed by atoms with Crippen LogP contribution in [0.3, 0.4) is 0 Å². The highest BCUT2D eigenvalue weighted by molar-refractivity contribution is 6.00. The van der Waals surface area contributed by atoms with Crippen LogP contribution in [0.5, 0.6) is 5.75 Å². The van der Waals surface area contributed by atoms with E-state index in [1.807, 2.05) is 24.3 Å². The Balaban J connectivity index is 2.77. The summed E-state index contributed by atoms with van der Waals surface area (Å²) in [6, 6.07) is 7.59. The largest absolute Gasteiger partial charge is 0.493 e. The monoisotopic (exact) mass is 207 g/mol. The van der Waals surface area contributed by atoms with Crippen molar-refractivity contribution in [2.24, 2.45) is 5.16 Å². The molecule has 0 radical (unpaired) electrons. The molecule has 0 aliphatic carbocycles. The van der Waals surface area contributed by atoms with E-state index in [2.05, 4.69) is 12.1 Å². The molecule has 1 N–H and O–H groups in total. The molecule has 0 bridgehead atoms. The molecule has 0 spiro atoms. The van der Waals surface area contributed by atoms with Gasteiger partial charge in [0.25, 0.3) is 0 Å². The molecule has 0 saturated heterocycles. The zero-order valence-electron chi connectivity index (χ0n) is 9.23. The molecular formula is C12H17NO2. The van der Waals surface area contributed by atoms with Crippen LogP contribution < -0.4 is 4.74 Å². The van der Waals surface area contributed by atoms with Gasteiger partial charge in [0.05, 0.1) is 12.3 Å². The van der Waals surface area contributed by atoms with Gasteiger partial charge in [0, 0.05) is 5.56 Å². The number of hydrogen-bond donors (Lipinski definition) is 1. The van der Waals surface area contributed by atoms with Crippen molar-refractivity contribution in [3.05, 3.63) is 29.8 Å². The molecule has 1 aromatic carbocycles. The summed E-state index contributed by atoms with van der Waals surface area (Å²) in [5, 5.41) is 11.9. The lowest BCUT2D eigenvalue weighted by atomic mass is 10.1. The van der Waals surface area contributed by atoms with E-state index in [4.69, 9.17) is 9.94 Å². The zero-order chi connectivity index (χ0) is 11.1. The van der Waals surface area contributed by atoms with E-state index >= 15 is 0 Å². The van der Waals surface area contributed by atoms with Crippen LogP contribution in [-0.4, -0.2) is 17.5 Å². The van der Waals surface area contributed by atoms with E-state index < -0.39 is 0 Å². The topological polar surface area (TPSA) is 41.8 Å². The number of benzene rings is 1. The van der Waals surface area contributed by atoms with Crippen LogP contribution in [0.4, 0.5) is 0 Å². The number of oxime groups is 1. The van der Waals surface area contributed by atoms with E-state index in [0.29, 0.717) is 12.3 Å². The van der Waals surface area contributed by atoms with Crippen molar-refractivity contribution in [2.75, 3.05) is 6.61 Å². The second kappa shape index (κ2) is 6.06. The molecule has 0 unspecified atom stereocenters. The maximum Gasteiger partial charge on any atom is 0.128 e. The Bertz CT molecular complexity index is 334. The van der Waals surface area contributed by atoms with Crippen LogP contribution in [0.15, 0.2) is 29.4 Å². The van der Waals surface area contributed by atoms with E-state index in [9.17, 15) is 0 Å². The van der Waals surface area contributed by atoms with Gasteiger partial charge >= 0.3 is 0 Å². The third-order valence-electron chi connectivity index (χ3n) is 2.18. The second-order valence-corrected chi connectivity index (χ2v) is 3.38. The number of hydrogen-bond acceptors (Lipinski definition) is 3. The molecule has 0 aromatic heterocycles. The first-order chi connectivity index (χ1) is 7.29. The summed E-state index contributed by atoms with van der Waals surface area (Å²) < 4.78 is 5.61. The highest BCUT2D eigenvalue weighted by Crippen LogP contribution is 2.19. The highest BCUT2D eigenvalue weighted by atomic mass is 16.5.